The van der Waals surface area contributed by atoms with Crippen LogP contribution in [0.3, 0.4) is 0 Å². The number of hydrogen-bond donors (Lipinski definition) is 1. The molecule has 1 fully saturated rings. The van der Waals surface area contributed by atoms with Gasteiger partial charge < -0.3 is 14.6 Å². The van der Waals surface area contributed by atoms with Gasteiger partial charge in [0.25, 0.3) is 0 Å². The minimum atomic E-state index is -0.0258. The lowest BCUT2D eigenvalue weighted by Crippen LogP contribution is -2.52. The molecular formula is C22H30N4O3. The highest BCUT2D eigenvalue weighted by Gasteiger charge is 2.23. The average molecular weight is 399 g/mol. The number of nitrogens with zero attached hydrogens (tertiary/aromatic N) is 3. The lowest BCUT2D eigenvalue weighted by atomic mass is 10.2. The molecule has 0 unspecified atom stereocenters. The van der Waals surface area contributed by atoms with E-state index in [1.807, 2.05) is 67.1 Å². The zero-order valence-corrected chi connectivity index (χ0v) is 17.5. The third-order valence-corrected chi connectivity index (χ3v) is 5.05. The summed E-state index contributed by atoms with van der Waals surface area (Å²) in [4.78, 5) is 30.7. The van der Waals surface area contributed by atoms with Crippen LogP contribution in [0, 0.1) is 13.8 Å². The topological polar surface area (TPSA) is 69.0 Å². The SMILES string of the molecule is Cc1ccc(NC(=O)CN2CCN(C(=O)CN(C)Cc3ccc(C)o3)CC2)cc1. The molecule has 1 aliphatic rings. The maximum atomic E-state index is 12.6. The highest BCUT2D eigenvalue weighted by molar-refractivity contribution is 5.92. The van der Waals surface area contributed by atoms with Crippen LogP contribution in [0.15, 0.2) is 40.8 Å². The van der Waals surface area contributed by atoms with Gasteiger partial charge in [0.1, 0.15) is 11.5 Å². The second kappa shape index (κ2) is 9.71. The summed E-state index contributed by atoms with van der Waals surface area (Å²) in [5.74, 6) is 1.83. The Morgan fingerprint density at radius 1 is 1.03 bits per heavy atom. The first kappa shape index (κ1) is 21.1. The van der Waals surface area contributed by atoms with Crippen LogP contribution in [-0.2, 0) is 16.1 Å². The second-order valence-corrected chi connectivity index (χ2v) is 7.76. The largest absolute Gasteiger partial charge is 0.465 e. The van der Waals surface area contributed by atoms with E-state index in [0.29, 0.717) is 45.8 Å². The first-order valence-corrected chi connectivity index (χ1v) is 9.99. The minimum Gasteiger partial charge on any atom is -0.465 e. The zero-order chi connectivity index (χ0) is 20.8. The molecule has 7 heteroatoms. The average Bonchev–Trinajstić information content (AvgIpc) is 3.08. The number of anilines is 1. The quantitative estimate of drug-likeness (QED) is 0.774. The standard InChI is InChI=1S/C22H30N4O3/c1-17-4-7-19(8-5-17)23-21(27)15-25-10-12-26(13-11-25)22(28)16-24(3)14-20-9-6-18(2)29-20/h4-9H,10-16H2,1-3H3,(H,23,27). The number of carbonyl (C=O) groups excluding carboxylic acids is 2. The Hall–Kier alpha value is -2.64. The molecule has 29 heavy (non-hydrogen) atoms. The van der Waals surface area contributed by atoms with Gasteiger partial charge in [0.2, 0.25) is 11.8 Å². The minimum absolute atomic E-state index is 0.0258. The molecule has 0 spiro atoms. The summed E-state index contributed by atoms with van der Waals surface area (Å²) in [5.41, 5.74) is 1.97. The van der Waals surface area contributed by atoms with Gasteiger partial charge in [0.15, 0.2) is 0 Å². The first-order chi connectivity index (χ1) is 13.9. The fourth-order valence-corrected chi connectivity index (χ4v) is 3.42. The van der Waals surface area contributed by atoms with Gasteiger partial charge in [0, 0.05) is 31.9 Å². The van der Waals surface area contributed by atoms with E-state index in [4.69, 9.17) is 4.42 Å². The van der Waals surface area contributed by atoms with E-state index in [2.05, 4.69) is 10.2 Å². The monoisotopic (exact) mass is 398 g/mol. The van der Waals surface area contributed by atoms with Crippen molar-refractivity contribution < 1.29 is 14.0 Å². The number of piperazine rings is 1. The third-order valence-electron chi connectivity index (χ3n) is 5.05. The van der Waals surface area contributed by atoms with Crippen molar-refractivity contribution in [2.75, 3.05) is 51.6 Å². The van der Waals surface area contributed by atoms with E-state index in [-0.39, 0.29) is 11.8 Å². The molecular weight excluding hydrogens is 368 g/mol. The predicted molar refractivity (Wildman–Crippen MR) is 113 cm³/mol. The van der Waals surface area contributed by atoms with Crippen LogP contribution in [0.25, 0.3) is 0 Å². The van der Waals surface area contributed by atoms with Crippen LogP contribution in [0.4, 0.5) is 5.69 Å². The molecule has 1 aliphatic heterocycles. The van der Waals surface area contributed by atoms with Gasteiger partial charge in [-0.05, 0) is 45.2 Å². The molecule has 2 aromatic rings. The fourth-order valence-electron chi connectivity index (χ4n) is 3.42. The van der Waals surface area contributed by atoms with Gasteiger partial charge in [-0.15, -0.1) is 0 Å². The van der Waals surface area contributed by atoms with E-state index in [0.717, 1.165) is 22.8 Å². The van der Waals surface area contributed by atoms with Gasteiger partial charge >= 0.3 is 0 Å². The molecule has 1 N–H and O–H groups in total. The van der Waals surface area contributed by atoms with Crippen molar-refractivity contribution in [1.82, 2.24) is 14.7 Å². The van der Waals surface area contributed by atoms with E-state index < -0.39 is 0 Å². The molecule has 0 atom stereocenters. The molecule has 0 radical (unpaired) electrons. The number of furan rings is 1. The number of benzene rings is 1. The van der Waals surface area contributed by atoms with Crippen molar-refractivity contribution >= 4 is 17.5 Å². The summed E-state index contributed by atoms with van der Waals surface area (Å²) in [7, 11) is 1.92. The molecule has 3 rings (SSSR count). The van der Waals surface area contributed by atoms with E-state index in [1.54, 1.807) is 0 Å². The van der Waals surface area contributed by atoms with Crippen LogP contribution in [0.1, 0.15) is 17.1 Å². The van der Waals surface area contributed by atoms with Crippen LogP contribution in [0.5, 0.6) is 0 Å². The van der Waals surface area contributed by atoms with Crippen molar-refractivity contribution in [3.8, 4) is 0 Å². The number of likely N-dealkylation sites (N-methyl/N-ethyl adjacent to an activating group) is 1. The smallest absolute Gasteiger partial charge is 0.238 e. The van der Waals surface area contributed by atoms with Gasteiger partial charge in [-0.3, -0.25) is 19.4 Å². The molecule has 2 heterocycles. The Morgan fingerprint density at radius 2 is 1.72 bits per heavy atom. The summed E-state index contributed by atoms with van der Waals surface area (Å²) < 4.78 is 5.57. The maximum Gasteiger partial charge on any atom is 0.238 e. The molecule has 7 nitrogen and oxygen atoms in total. The summed E-state index contributed by atoms with van der Waals surface area (Å²) in [5, 5.41) is 2.92. The van der Waals surface area contributed by atoms with Crippen LogP contribution in [0.2, 0.25) is 0 Å². The number of amides is 2. The highest BCUT2D eigenvalue weighted by atomic mass is 16.3. The van der Waals surface area contributed by atoms with Crippen LogP contribution >= 0.6 is 0 Å². The lowest BCUT2D eigenvalue weighted by Gasteiger charge is -2.35. The summed E-state index contributed by atoms with van der Waals surface area (Å²) >= 11 is 0. The molecule has 156 valence electrons. The van der Waals surface area contributed by atoms with Gasteiger partial charge in [-0.1, -0.05) is 17.7 Å². The number of aryl methyl sites for hydroxylation is 2. The Bertz CT molecular complexity index is 823. The molecule has 1 saturated heterocycles. The summed E-state index contributed by atoms with van der Waals surface area (Å²) in [6.45, 7) is 7.92. The molecule has 2 amide bonds. The summed E-state index contributed by atoms with van der Waals surface area (Å²) in [6.07, 6.45) is 0. The van der Waals surface area contributed by atoms with Crippen molar-refractivity contribution in [3.63, 3.8) is 0 Å². The van der Waals surface area contributed by atoms with Gasteiger partial charge in [-0.2, -0.15) is 0 Å². The Balaban J connectivity index is 1.38. The van der Waals surface area contributed by atoms with Crippen LogP contribution < -0.4 is 5.32 Å². The van der Waals surface area contributed by atoms with E-state index in [9.17, 15) is 9.59 Å². The van der Waals surface area contributed by atoms with E-state index >= 15 is 0 Å². The lowest BCUT2D eigenvalue weighted by molar-refractivity contribution is -0.134. The van der Waals surface area contributed by atoms with Crippen molar-refractivity contribution in [2.24, 2.45) is 0 Å². The first-order valence-electron chi connectivity index (χ1n) is 9.99. The molecule has 0 bridgehead atoms. The highest BCUT2D eigenvalue weighted by Crippen LogP contribution is 2.11. The number of rotatable bonds is 7. The third kappa shape index (κ3) is 6.44. The van der Waals surface area contributed by atoms with Crippen LogP contribution in [-0.4, -0.2) is 72.8 Å². The molecule has 1 aromatic carbocycles. The Kier molecular flexibility index (Phi) is 7.06. The number of nitrogens with one attached hydrogen (secondary N) is 1. The predicted octanol–water partition coefficient (Wildman–Crippen LogP) is 2.11. The van der Waals surface area contributed by atoms with Crippen molar-refractivity contribution in [1.29, 1.82) is 0 Å². The van der Waals surface area contributed by atoms with Crippen molar-refractivity contribution in [3.05, 3.63) is 53.5 Å². The van der Waals surface area contributed by atoms with E-state index in [1.165, 1.54) is 0 Å². The van der Waals surface area contributed by atoms with Crippen molar-refractivity contribution in [2.45, 2.75) is 20.4 Å². The molecule has 0 aliphatic carbocycles. The summed E-state index contributed by atoms with van der Waals surface area (Å²) in [6, 6.07) is 11.6. The Morgan fingerprint density at radius 3 is 2.34 bits per heavy atom. The molecule has 0 saturated carbocycles. The maximum absolute atomic E-state index is 12.6. The van der Waals surface area contributed by atoms with Gasteiger partial charge in [0.05, 0.1) is 19.6 Å². The number of hydrogen-bond acceptors (Lipinski definition) is 5. The zero-order valence-electron chi connectivity index (χ0n) is 17.5. The molecule has 1 aromatic heterocycles. The normalized spacial score (nSPS) is 15.0. The fraction of sp³-hybridized carbons (Fsp3) is 0.455. The number of carbonyl (C=O) groups is 2. The second-order valence-electron chi connectivity index (χ2n) is 7.76. The Labute approximate surface area is 172 Å². The van der Waals surface area contributed by atoms with Gasteiger partial charge in [-0.25, -0.2) is 0 Å².